The van der Waals surface area contributed by atoms with E-state index in [2.05, 4.69) is 89.9 Å². The third kappa shape index (κ3) is 4.52. The van der Waals surface area contributed by atoms with Gasteiger partial charge >= 0.3 is 0 Å². The van der Waals surface area contributed by atoms with Crippen LogP contribution in [0, 0.1) is 0 Å². The maximum Gasteiger partial charge on any atom is 0.145 e. The molecular formula is C44H29N3. The van der Waals surface area contributed by atoms with Crippen LogP contribution in [0.15, 0.2) is 176 Å². The minimum atomic E-state index is -0.433. The monoisotopic (exact) mass is 604 g/mol. The number of fused-ring (bicyclic) bond motifs is 3. The Morgan fingerprint density at radius 1 is 0.489 bits per heavy atom. The molecule has 0 bridgehead atoms. The minimum Gasteiger partial charge on any atom is -0.292 e. The predicted molar refractivity (Wildman–Crippen MR) is 196 cm³/mol. The number of hydrogen-bond acceptors (Lipinski definition) is 2. The Kier molecular flexibility index (Phi) is 5.32. The molecule has 0 N–H and O–H groups in total. The van der Waals surface area contributed by atoms with Crippen LogP contribution >= 0.6 is 0 Å². The molecule has 2 heterocycles. The van der Waals surface area contributed by atoms with Crippen LogP contribution in [-0.4, -0.2) is 14.5 Å². The van der Waals surface area contributed by atoms with Crippen molar-refractivity contribution in [2.45, 2.75) is 0 Å². The van der Waals surface area contributed by atoms with Crippen LogP contribution in [0.1, 0.15) is 6.85 Å². The van der Waals surface area contributed by atoms with Crippen molar-refractivity contribution in [1.29, 1.82) is 0 Å². The van der Waals surface area contributed by atoms with Crippen LogP contribution < -0.4 is 0 Å². The Balaban J connectivity index is 1.32. The van der Waals surface area contributed by atoms with E-state index in [1.165, 1.54) is 0 Å². The van der Waals surface area contributed by atoms with Crippen LogP contribution in [0.5, 0.6) is 0 Å². The average Bonchev–Trinajstić information content (AvgIpc) is 3.58. The Bertz CT molecular complexity index is 2780. The molecule has 0 saturated heterocycles. The van der Waals surface area contributed by atoms with E-state index < -0.39 is 18.1 Å². The number of imidazole rings is 1. The summed E-state index contributed by atoms with van der Waals surface area (Å²) in [6.07, 6.45) is 3.65. The Hall–Kier alpha value is -6.32. The molecule has 220 valence electrons. The maximum absolute atomic E-state index is 8.84. The molecule has 0 aliphatic carbocycles. The molecule has 0 aliphatic rings. The van der Waals surface area contributed by atoms with Crippen LogP contribution in [0.4, 0.5) is 0 Å². The number of pyridine rings is 1. The van der Waals surface area contributed by atoms with Crippen molar-refractivity contribution in [2.24, 2.45) is 0 Å². The Labute approximate surface area is 280 Å². The van der Waals surface area contributed by atoms with Crippen LogP contribution in [-0.2, 0) is 0 Å². The molecule has 0 saturated carbocycles. The fraction of sp³-hybridized carbons (Fsp3) is 0. The van der Waals surface area contributed by atoms with Gasteiger partial charge in [-0.2, -0.15) is 0 Å². The highest BCUT2D eigenvalue weighted by molar-refractivity contribution is 6.22. The van der Waals surface area contributed by atoms with E-state index in [9.17, 15) is 0 Å². The van der Waals surface area contributed by atoms with Gasteiger partial charge in [0, 0.05) is 23.6 Å². The Morgan fingerprint density at radius 3 is 1.81 bits per heavy atom. The van der Waals surface area contributed by atoms with Gasteiger partial charge in [-0.25, -0.2) is 4.98 Å². The highest BCUT2D eigenvalue weighted by Crippen LogP contribution is 2.46. The molecule has 0 radical (unpaired) electrons. The van der Waals surface area contributed by atoms with Crippen molar-refractivity contribution < 1.29 is 6.85 Å². The van der Waals surface area contributed by atoms with Crippen molar-refractivity contribution in [3.05, 3.63) is 176 Å². The third-order valence-electron chi connectivity index (χ3n) is 8.80. The first-order chi connectivity index (χ1) is 25.4. The highest BCUT2D eigenvalue weighted by atomic mass is 15.1. The molecule has 2 aromatic heterocycles. The molecule has 3 nitrogen and oxygen atoms in total. The lowest BCUT2D eigenvalue weighted by Gasteiger charge is -2.20. The quantitative estimate of drug-likeness (QED) is 0.183. The van der Waals surface area contributed by atoms with E-state index in [-0.39, 0.29) is 17.8 Å². The van der Waals surface area contributed by atoms with E-state index in [1.54, 1.807) is 4.57 Å². The largest absolute Gasteiger partial charge is 0.292 e. The van der Waals surface area contributed by atoms with Crippen molar-refractivity contribution in [3.63, 3.8) is 0 Å². The summed E-state index contributed by atoms with van der Waals surface area (Å²) in [4.78, 5) is 9.25. The van der Waals surface area contributed by atoms with E-state index in [1.807, 2.05) is 60.9 Å². The molecule has 0 atom stereocenters. The summed E-state index contributed by atoms with van der Waals surface area (Å²) in [6, 6.07) is 43.4. The van der Waals surface area contributed by atoms with E-state index in [0.717, 1.165) is 60.5 Å². The van der Waals surface area contributed by atoms with Gasteiger partial charge < -0.3 is 0 Å². The van der Waals surface area contributed by atoms with Crippen molar-refractivity contribution in [3.8, 4) is 50.5 Å². The zero-order chi connectivity index (χ0) is 35.5. The normalized spacial score (nSPS) is 12.9. The number of rotatable bonds is 5. The van der Waals surface area contributed by atoms with Crippen LogP contribution in [0.3, 0.4) is 0 Å². The van der Waals surface area contributed by atoms with Crippen LogP contribution in [0.25, 0.3) is 83.0 Å². The van der Waals surface area contributed by atoms with E-state index in [0.29, 0.717) is 16.9 Å². The SMILES string of the molecule is [2H]c1c([2H])c([2H])c(-n2c(-c3cccc(-c4c5ccccc5c(-c5ccccc5-c5ccncc5)c5ccccc45)c3)nc3ccccc32)c([2H])c1[2H]. The Morgan fingerprint density at radius 2 is 1.09 bits per heavy atom. The van der Waals surface area contributed by atoms with E-state index >= 15 is 0 Å². The van der Waals surface area contributed by atoms with Gasteiger partial charge in [-0.05, 0) is 97.3 Å². The molecule has 47 heavy (non-hydrogen) atoms. The molecule has 0 fully saturated rings. The standard InChI is InChI=1S/C44H29N3/c1-2-15-33(16-3-1)47-41-24-11-10-23-40(41)46-44(47)32-14-12-13-31(29-32)42-36-19-6-8-21-38(36)43(39-22-9-7-20-37(39)42)35-18-5-4-17-34(35)30-25-27-45-28-26-30/h1-29H/i1D,2D,3D,15D,16D. The minimum absolute atomic E-state index is 0.0632. The fourth-order valence-electron chi connectivity index (χ4n) is 6.83. The maximum atomic E-state index is 8.84. The van der Waals surface area contributed by atoms with Crippen LogP contribution in [0.2, 0.25) is 0 Å². The van der Waals surface area contributed by atoms with Crippen molar-refractivity contribution in [1.82, 2.24) is 14.5 Å². The van der Waals surface area contributed by atoms with Gasteiger partial charge in [-0.1, -0.05) is 121 Å². The second kappa shape index (κ2) is 11.2. The first-order valence-corrected chi connectivity index (χ1v) is 15.5. The second-order valence-electron chi connectivity index (χ2n) is 11.4. The van der Waals surface area contributed by atoms with Crippen molar-refractivity contribution >= 4 is 32.6 Å². The van der Waals surface area contributed by atoms with Crippen molar-refractivity contribution in [2.75, 3.05) is 0 Å². The number of hydrogen-bond donors (Lipinski definition) is 0. The number of aromatic nitrogens is 3. The molecule has 3 heteroatoms. The van der Waals surface area contributed by atoms with Gasteiger partial charge in [0.05, 0.1) is 17.9 Å². The van der Waals surface area contributed by atoms with Gasteiger partial charge in [-0.15, -0.1) is 0 Å². The lowest BCUT2D eigenvalue weighted by molar-refractivity contribution is 1.10. The lowest BCUT2D eigenvalue weighted by atomic mass is 9.84. The second-order valence-corrected chi connectivity index (χ2v) is 11.4. The van der Waals surface area contributed by atoms with Gasteiger partial charge in [0.25, 0.3) is 0 Å². The summed E-state index contributed by atoms with van der Waals surface area (Å²) in [5.74, 6) is 0.484. The van der Waals surface area contributed by atoms with Gasteiger partial charge in [0.2, 0.25) is 0 Å². The molecule has 7 aromatic carbocycles. The first-order valence-electron chi connectivity index (χ1n) is 18.0. The summed E-state index contributed by atoms with van der Waals surface area (Å²) in [6.45, 7) is 0. The molecule has 0 spiro atoms. The fourth-order valence-corrected chi connectivity index (χ4v) is 6.83. The molecule has 9 aromatic rings. The zero-order valence-electron chi connectivity index (χ0n) is 30.2. The topological polar surface area (TPSA) is 30.7 Å². The summed E-state index contributed by atoms with van der Waals surface area (Å²) >= 11 is 0. The predicted octanol–water partition coefficient (Wildman–Crippen LogP) is 11.4. The summed E-state index contributed by atoms with van der Waals surface area (Å²) in [7, 11) is 0. The van der Waals surface area contributed by atoms with Gasteiger partial charge in [0.15, 0.2) is 0 Å². The molecule has 0 amide bonds. The highest BCUT2D eigenvalue weighted by Gasteiger charge is 2.20. The average molecular weight is 605 g/mol. The number of nitrogens with zero attached hydrogens (tertiary/aromatic N) is 3. The number of para-hydroxylation sites is 3. The first kappa shape index (κ1) is 22.2. The third-order valence-corrected chi connectivity index (χ3v) is 8.80. The smallest absolute Gasteiger partial charge is 0.145 e. The number of benzene rings is 7. The zero-order valence-corrected chi connectivity index (χ0v) is 25.2. The van der Waals surface area contributed by atoms with Gasteiger partial charge in [-0.3, -0.25) is 9.55 Å². The summed E-state index contributed by atoms with van der Waals surface area (Å²) in [5, 5.41) is 4.43. The molecule has 0 unspecified atom stereocenters. The summed E-state index contributed by atoms with van der Waals surface area (Å²) < 4.78 is 44.4. The van der Waals surface area contributed by atoms with E-state index in [4.69, 9.17) is 11.8 Å². The molecular weight excluding hydrogens is 571 g/mol. The molecule has 0 aliphatic heterocycles. The van der Waals surface area contributed by atoms with Gasteiger partial charge in [0.1, 0.15) is 5.82 Å². The summed E-state index contributed by atoms with van der Waals surface area (Å²) in [5.41, 5.74) is 8.67. The molecule has 9 rings (SSSR count). The lowest BCUT2D eigenvalue weighted by Crippen LogP contribution is -1.97.